The maximum absolute atomic E-state index is 5.96. The Morgan fingerprint density at radius 1 is 1.00 bits per heavy atom. The van der Waals surface area contributed by atoms with Crippen LogP contribution in [0.15, 0.2) is 41.4 Å². The van der Waals surface area contributed by atoms with Crippen LogP contribution >= 0.6 is 0 Å². The number of nitrogens with zero attached hydrogens (tertiary/aromatic N) is 1. The van der Waals surface area contributed by atoms with Gasteiger partial charge in [-0.2, -0.15) is 0 Å². The summed E-state index contributed by atoms with van der Waals surface area (Å²) in [7, 11) is 0. The van der Waals surface area contributed by atoms with Gasteiger partial charge in [0.15, 0.2) is 0 Å². The van der Waals surface area contributed by atoms with Crippen LogP contribution in [0.3, 0.4) is 0 Å². The molecule has 1 aliphatic carbocycles. The first-order chi connectivity index (χ1) is 9.49. The van der Waals surface area contributed by atoms with E-state index in [0.717, 1.165) is 30.1 Å². The predicted molar refractivity (Wildman–Crippen MR) is 83.3 cm³/mol. The lowest BCUT2D eigenvalue weighted by Gasteiger charge is -2.21. The van der Waals surface area contributed by atoms with E-state index in [1.54, 1.807) is 6.07 Å². The van der Waals surface area contributed by atoms with Crippen molar-refractivity contribution in [2.24, 2.45) is 10.4 Å². The first-order valence-corrected chi connectivity index (χ1v) is 6.71. The van der Waals surface area contributed by atoms with Gasteiger partial charge < -0.3 is 47.7 Å². The fourth-order valence-electron chi connectivity index (χ4n) is 2.11. The van der Waals surface area contributed by atoms with Crippen molar-refractivity contribution in [1.29, 1.82) is 0 Å². The summed E-state index contributed by atoms with van der Waals surface area (Å²) in [4.78, 5) is 4.58. The summed E-state index contributed by atoms with van der Waals surface area (Å²) >= 11 is 0. The first kappa shape index (κ1) is 20.5. The number of anilines is 2. The van der Waals surface area contributed by atoms with Crippen LogP contribution in [0, 0.1) is 12.3 Å². The average Bonchev–Trinajstić information content (AvgIpc) is 2.46. The topological polar surface area (TPSA) is 120 Å². The molecular formula is C15H23Cl2N5. The van der Waals surface area contributed by atoms with E-state index in [4.69, 9.17) is 11.5 Å². The Labute approximate surface area is 143 Å². The maximum Gasteiger partial charge on any atom is 0.105 e. The molecule has 5 nitrogen and oxygen atoms in total. The maximum atomic E-state index is 5.96. The zero-order valence-electron chi connectivity index (χ0n) is 12.7. The highest BCUT2D eigenvalue weighted by Crippen LogP contribution is 2.29. The van der Waals surface area contributed by atoms with E-state index >= 15 is 0 Å². The van der Waals surface area contributed by atoms with Crippen molar-refractivity contribution in [3.63, 3.8) is 0 Å². The third-order valence-corrected chi connectivity index (χ3v) is 3.77. The number of hydrogen-bond acceptors (Lipinski definition) is 3. The van der Waals surface area contributed by atoms with Crippen LogP contribution in [-0.4, -0.2) is 18.8 Å². The van der Waals surface area contributed by atoms with Gasteiger partial charge in [-0.05, 0) is 36.8 Å². The van der Waals surface area contributed by atoms with E-state index < -0.39 is 0 Å². The molecule has 122 valence electrons. The van der Waals surface area contributed by atoms with Gasteiger partial charge in [-0.25, -0.2) is 4.99 Å². The highest BCUT2D eigenvalue weighted by Gasteiger charge is 2.27. The molecule has 0 atom stereocenters. The van der Waals surface area contributed by atoms with Crippen molar-refractivity contribution in [3.8, 4) is 0 Å². The molecule has 1 aliphatic rings. The Kier molecular flexibility index (Phi) is 7.62. The lowest BCUT2D eigenvalue weighted by molar-refractivity contribution is -0.429. The Bertz CT molecular complexity index is 586. The normalized spacial score (nSPS) is 15.0. The highest BCUT2D eigenvalue weighted by atomic mass is 35.5. The quantitative estimate of drug-likeness (QED) is 0.408. The van der Waals surface area contributed by atoms with E-state index in [9.17, 15) is 0 Å². The van der Waals surface area contributed by atoms with Gasteiger partial charge in [0.05, 0.1) is 30.2 Å². The molecule has 0 fully saturated rings. The second-order valence-corrected chi connectivity index (χ2v) is 5.20. The fourth-order valence-corrected chi connectivity index (χ4v) is 2.11. The Morgan fingerprint density at radius 2 is 1.55 bits per heavy atom. The van der Waals surface area contributed by atoms with Crippen molar-refractivity contribution < 1.29 is 36.3 Å². The Morgan fingerprint density at radius 3 is 2.05 bits per heavy atom. The molecule has 2 rings (SSSR count). The second-order valence-electron chi connectivity index (χ2n) is 5.20. The van der Waals surface area contributed by atoms with E-state index in [-0.39, 0.29) is 30.2 Å². The van der Waals surface area contributed by atoms with Gasteiger partial charge >= 0.3 is 0 Å². The molecule has 10 N–H and O–H groups in total. The second kappa shape index (κ2) is 8.19. The molecule has 0 saturated carbocycles. The summed E-state index contributed by atoms with van der Waals surface area (Å²) in [5, 5.41) is 0. The van der Waals surface area contributed by atoms with Gasteiger partial charge in [0, 0.05) is 5.69 Å². The molecule has 0 bridgehead atoms. The number of allylic oxidation sites excluding steroid dienone is 2. The van der Waals surface area contributed by atoms with Crippen LogP contribution < -0.4 is 47.7 Å². The van der Waals surface area contributed by atoms with E-state index in [0.29, 0.717) is 11.4 Å². The largest absolute Gasteiger partial charge is 1.00 e. The molecule has 0 saturated heterocycles. The Balaban J connectivity index is 0.00000220. The highest BCUT2D eigenvalue weighted by molar-refractivity contribution is 6.07. The van der Waals surface area contributed by atoms with Gasteiger partial charge in [-0.1, -0.05) is 12.2 Å². The van der Waals surface area contributed by atoms with Crippen molar-refractivity contribution >= 4 is 22.8 Å². The molecule has 0 heterocycles. The third kappa shape index (κ3) is 4.24. The molecule has 0 unspecified atom stereocenters. The molecule has 0 radical (unpaired) electrons. The zero-order valence-corrected chi connectivity index (χ0v) is 14.2. The minimum absolute atomic E-state index is 0. The third-order valence-electron chi connectivity index (χ3n) is 3.77. The fraction of sp³-hybridized carbons (Fsp3) is 0.267. The van der Waals surface area contributed by atoms with Gasteiger partial charge in [-0.15, -0.1) is 0 Å². The smallest absolute Gasteiger partial charge is 0.105 e. The van der Waals surface area contributed by atoms with E-state index in [2.05, 4.69) is 28.6 Å². The summed E-state index contributed by atoms with van der Waals surface area (Å²) in [6, 6.07) is 3.66. The lowest BCUT2D eigenvalue weighted by Crippen LogP contribution is -3.00. The van der Waals surface area contributed by atoms with Crippen LogP contribution in [0.4, 0.5) is 17.1 Å². The first-order valence-electron chi connectivity index (χ1n) is 6.71. The van der Waals surface area contributed by atoms with Crippen molar-refractivity contribution in [1.82, 2.24) is 0 Å². The standard InChI is InChI=1S/C15H21N5.2ClH/c1-10-6-14(13(19)7-12(10)18)20-11-2-4-15(8-16,9-17)5-3-11;;/h2-7H,8-9,16-19H2,1H3;2*1H. The predicted octanol–water partition coefficient (Wildman–Crippen LogP) is -6.16. The van der Waals surface area contributed by atoms with Gasteiger partial charge in [0.2, 0.25) is 0 Å². The van der Waals surface area contributed by atoms with Crippen LogP contribution in [-0.2, 0) is 0 Å². The molecule has 1 aromatic carbocycles. The van der Waals surface area contributed by atoms with E-state index in [1.807, 2.05) is 25.1 Å². The molecule has 1 aromatic rings. The summed E-state index contributed by atoms with van der Waals surface area (Å²) < 4.78 is 0. The van der Waals surface area contributed by atoms with Crippen molar-refractivity contribution in [2.75, 3.05) is 24.6 Å². The van der Waals surface area contributed by atoms with Crippen LogP contribution in [0.2, 0.25) is 0 Å². The minimum Gasteiger partial charge on any atom is -1.00 e. The number of aryl methyl sites for hydroxylation is 1. The van der Waals surface area contributed by atoms with Crippen molar-refractivity contribution in [3.05, 3.63) is 42.0 Å². The molecular weight excluding hydrogens is 321 g/mol. The molecule has 0 spiro atoms. The number of nitrogens with two attached hydrogens (primary N) is 2. The molecule has 7 heteroatoms. The number of nitrogen functional groups attached to an aromatic ring is 2. The van der Waals surface area contributed by atoms with E-state index in [1.165, 1.54) is 0 Å². The monoisotopic (exact) mass is 343 g/mol. The molecule has 0 amide bonds. The summed E-state index contributed by atoms with van der Waals surface area (Å²) in [6.45, 7) is 3.53. The molecule has 0 aliphatic heterocycles. The number of halogens is 2. The van der Waals surface area contributed by atoms with Gasteiger partial charge in [0.25, 0.3) is 0 Å². The minimum atomic E-state index is -0.0401. The molecule has 0 aromatic heterocycles. The number of aliphatic imine (C=N–C) groups is 1. The average molecular weight is 344 g/mol. The zero-order chi connectivity index (χ0) is 14.8. The van der Waals surface area contributed by atoms with Crippen LogP contribution in [0.5, 0.6) is 0 Å². The van der Waals surface area contributed by atoms with Crippen LogP contribution in [0.25, 0.3) is 0 Å². The number of hydrogen-bond donors (Lipinski definition) is 4. The van der Waals surface area contributed by atoms with Gasteiger partial charge in [-0.3, -0.25) is 0 Å². The summed E-state index contributed by atoms with van der Waals surface area (Å²) in [5.41, 5.74) is 23.6. The number of quaternary nitrogens is 2. The van der Waals surface area contributed by atoms with Gasteiger partial charge in [0.1, 0.15) is 5.41 Å². The lowest BCUT2D eigenvalue weighted by atomic mass is 9.84. The van der Waals surface area contributed by atoms with Crippen molar-refractivity contribution in [2.45, 2.75) is 6.92 Å². The number of rotatable bonds is 3. The summed E-state index contributed by atoms with van der Waals surface area (Å²) in [6.07, 6.45) is 8.24. The number of benzene rings is 1. The molecule has 22 heavy (non-hydrogen) atoms. The SMILES string of the molecule is Cc1cc(N=C2C=CC(C[NH3+])(C[NH3+])C=C2)c(N)cc1N.[Cl-].[Cl-]. The van der Waals surface area contributed by atoms with Crippen LogP contribution in [0.1, 0.15) is 5.56 Å². The summed E-state index contributed by atoms with van der Waals surface area (Å²) in [5.74, 6) is 0. The Hall–Kier alpha value is -1.53.